The number of carbonyl (C=O) groups is 1. The second kappa shape index (κ2) is 5.05. The molecule has 1 heterocycles. The number of carbonyl (C=O) groups excluding carboxylic acids is 1. The molecule has 21 heavy (non-hydrogen) atoms. The Bertz CT molecular complexity index is 836. The lowest BCUT2D eigenvalue weighted by atomic mass is 10.1. The first-order chi connectivity index (χ1) is 10.0. The molecule has 3 aromatic rings. The molecule has 2 aromatic carbocycles. The standard InChI is InChI=1S/C17H15FN2O/c1-11-8-13(2-4-15(11)18)17(21)10-20-7-6-12-9-14(19)3-5-16(12)20/h2-9H,10,19H2,1H3. The number of halogens is 1. The summed E-state index contributed by atoms with van der Waals surface area (Å²) in [6, 6.07) is 11.9. The summed E-state index contributed by atoms with van der Waals surface area (Å²) in [6.07, 6.45) is 1.86. The predicted octanol–water partition coefficient (Wildman–Crippen LogP) is 3.55. The lowest BCUT2D eigenvalue weighted by Gasteiger charge is -2.06. The highest BCUT2D eigenvalue weighted by atomic mass is 19.1. The molecule has 0 aliphatic carbocycles. The molecule has 1 aromatic heterocycles. The fourth-order valence-corrected chi connectivity index (χ4v) is 2.42. The van der Waals surface area contributed by atoms with Gasteiger partial charge in [-0.3, -0.25) is 4.79 Å². The topological polar surface area (TPSA) is 48.0 Å². The second-order valence-electron chi connectivity index (χ2n) is 5.15. The van der Waals surface area contributed by atoms with Gasteiger partial charge in [0.05, 0.1) is 6.54 Å². The summed E-state index contributed by atoms with van der Waals surface area (Å²) in [5, 5.41) is 0.998. The van der Waals surface area contributed by atoms with E-state index < -0.39 is 0 Å². The Balaban J connectivity index is 1.91. The van der Waals surface area contributed by atoms with Crippen LogP contribution in [0.4, 0.5) is 10.1 Å². The van der Waals surface area contributed by atoms with Crippen molar-refractivity contribution in [2.75, 3.05) is 5.73 Å². The average molecular weight is 282 g/mol. The van der Waals surface area contributed by atoms with Gasteiger partial charge in [-0.15, -0.1) is 0 Å². The van der Waals surface area contributed by atoms with Crippen LogP contribution in [0.5, 0.6) is 0 Å². The first kappa shape index (κ1) is 13.4. The van der Waals surface area contributed by atoms with Crippen LogP contribution in [-0.2, 0) is 6.54 Å². The predicted molar refractivity (Wildman–Crippen MR) is 81.8 cm³/mol. The fourth-order valence-electron chi connectivity index (χ4n) is 2.42. The van der Waals surface area contributed by atoms with Crippen molar-refractivity contribution >= 4 is 22.4 Å². The van der Waals surface area contributed by atoms with Crippen LogP contribution in [0.25, 0.3) is 10.9 Å². The number of ketones is 1. The maximum Gasteiger partial charge on any atom is 0.182 e. The first-order valence-corrected chi connectivity index (χ1v) is 6.68. The van der Waals surface area contributed by atoms with Crippen LogP contribution in [0.1, 0.15) is 15.9 Å². The number of hydrogen-bond acceptors (Lipinski definition) is 2. The van der Waals surface area contributed by atoms with E-state index in [-0.39, 0.29) is 18.1 Å². The Morgan fingerprint density at radius 3 is 2.76 bits per heavy atom. The van der Waals surface area contributed by atoms with Crippen molar-refractivity contribution in [3.05, 3.63) is 65.6 Å². The van der Waals surface area contributed by atoms with Crippen molar-refractivity contribution in [3.63, 3.8) is 0 Å². The number of nitrogens with two attached hydrogens (primary N) is 1. The zero-order valence-corrected chi connectivity index (χ0v) is 11.6. The van der Waals surface area contributed by atoms with Gasteiger partial charge in [-0.05, 0) is 55.0 Å². The van der Waals surface area contributed by atoms with Gasteiger partial charge in [0.25, 0.3) is 0 Å². The van der Waals surface area contributed by atoms with Gasteiger partial charge in [-0.25, -0.2) is 4.39 Å². The van der Waals surface area contributed by atoms with Crippen molar-refractivity contribution in [1.82, 2.24) is 4.57 Å². The van der Waals surface area contributed by atoms with Gasteiger partial charge in [-0.2, -0.15) is 0 Å². The van der Waals surface area contributed by atoms with E-state index >= 15 is 0 Å². The number of nitrogen functional groups attached to an aromatic ring is 1. The molecule has 0 aliphatic rings. The number of fused-ring (bicyclic) bond motifs is 1. The minimum Gasteiger partial charge on any atom is -0.399 e. The Morgan fingerprint density at radius 1 is 1.19 bits per heavy atom. The lowest BCUT2D eigenvalue weighted by Crippen LogP contribution is -2.10. The monoisotopic (exact) mass is 282 g/mol. The maximum absolute atomic E-state index is 13.3. The molecule has 0 aliphatic heterocycles. The summed E-state index contributed by atoms with van der Waals surface area (Å²) < 4.78 is 15.1. The van der Waals surface area contributed by atoms with Crippen molar-refractivity contribution < 1.29 is 9.18 Å². The van der Waals surface area contributed by atoms with Crippen LogP contribution in [0, 0.1) is 12.7 Å². The maximum atomic E-state index is 13.3. The lowest BCUT2D eigenvalue weighted by molar-refractivity contribution is 0.0973. The fraction of sp³-hybridized carbons (Fsp3) is 0.118. The second-order valence-corrected chi connectivity index (χ2v) is 5.15. The number of Topliss-reactive ketones (excluding diaryl/α,β-unsaturated/α-hetero) is 1. The zero-order valence-electron chi connectivity index (χ0n) is 11.6. The molecule has 0 saturated heterocycles. The minimum absolute atomic E-state index is 0.0487. The van der Waals surface area contributed by atoms with E-state index in [9.17, 15) is 9.18 Å². The van der Waals surface area contributed by atoms with E-state index in [0.717, 1.165) is 10.9 Å². The summed E-state index contributed by atoms with van der Waals surface area (Å²) in [7, 11) is 0. The van der Waals surface area contributed by atoms with Gasteiger partial charge >= 0.3 is 0 Å². The Labute approximate surface area is 121 Å². The molecule has 0 spiro atoms. The molecule has 0 saturated carbocycles. The number of nitrogens with zero attached hydrogens (tertiary/aromatic N) is 1. The van der Waals surface area contributed by atoms with E-state index in [0.29, 0.717) is 16.8 Å². The van der Waals surface area contributed by atoms with Gasteiger partial charge in [0.1, 0.15) is 5.82 Å². The van der Waals surface area contributed by atoms with Gasteiger partial charge in [0, 0.05) is 28.4 Å². The Hall–Kier alpha value is -2.62. The van der Waals surface area contributed by atoms with Crippen LogP contribution < -0.4 is 5.73 Å². The SMILES string of the molecule is Cc1cc(C(=O)Cn2ccc3cc(N)ccc32)ccc1F. The molecule has 0 amide bonds. The molecule has 0 unspecified atom stereocenters. The van der Waals surface area contributed by atoms with Gasteiger partial charge in [-0.1, -0.05) is 0 Å². The first-order valence-electron chi connectivity index (χ1n) is 6.68. The molecule has 0 atom stereocenters. The molecule has 0 fully saturated rings. The molecule has 4 heteroatoms. The van der Waals surface area contributed by atoms with E-state index in [2.05, 4.69) is 0 Å². The zero-order chi connectivity index (χ0) is 15.0. The van der Waals surface area contributed by atoms with Crippen LogP contribution in [0.3, 0.4) is 0 Å². The number of aromatic nitrogens is 1. The van der Waals surface area contributed by atoms with Gasteiger partial charge in [0.15, 0.2) is 5.78 Å². The number of aryl methyl sites for hydroxylation is 1. The third-order valence-corrected chi connectivity index (χ3v) is 3.59. The van der Waals surface area contributed by atoms with Crippen molar-refractivity contribution in [1.29, 1.82) is 0 Å². The molecule has 3 nitrogen and oxygen atoms in total. The number of anilines is 1. The Kier molecular flexibility index (Phi) is 3.22. The van der Waals surface area contributed by atoms with Crippen LogP contribution in [-0.4, -0.2) is 10.4 Å². The summed E-state index contributed by atoms with van der Waals surface area (Å²) in [5.74, 6) is -0.346. The van der Waals surface area contributed by atoms with Gasteiger partial charge in [0.2, 0.25) is 0 Å². The van der Waals surface area contributed by atoms with Crippen molar-refractivity contribution in [3.8, 4) is 0 Å². The van der Waals surface area contributed by atoms with Crippen LogP contribution in [0.15, 0.2) is 48.7 Å². The molecular formula is C17H15FN2O. The average Bonchev–Trinajstić information content (AvgIpc) is 2.84. The molecule has 2 N–H and O–H groups in total. The highest BCUT2D eigenvalue weighted by molar-refractivity contribution is 5.97. The van der Waals surface area contributed by atoms with Crippen LogP contribution in [0.2, 0.25) is 0 Å². The number of benzene rings is 2. The number of rotatable bonds is 3. The molecule has 3 rings (SSSR count). The minimum atomic E-state index is -0.298. The molecule has 0 radical (unpaired) electrons. The van der Waals surface area contributed by atoms with Crippen molar-refractivity contribution in [2.24, 2.45) is 0 Å². The summed E-state index contributed by atoms with van der Waals surface area (Å²) in [5.41, 5.74) is 8.39. The summed E-state index contributed by atoms with van der Waals surface area (Å²) >= 11 is 0. The number of hydrogen-bond donors (Lipinski definition) is 1. The highest BCUT2D eigenvalue weighted by Crippen LogP contribution is 2.19. The molecule has 0 bridgehead atoms. The normalized spacial score (nSPS) is 11.0. The summed E-state index contributed by atoms with van der Waals surface area (Å²) in [4.78, 5) is 12.3. The quantitative estimate of drug-likeness (QED) is 0.590. The summed E-state index contributed by atoms with van der Waals surface area (Å²) in [6.45, 7) is 1.87. The van der Waals surface area contributed by atoms with Gasteiger partial charge < -0.3 is 10.3 Å². The Morgan fingerprint density at radius 2 is 2.00 bits per heavy atom. The third kappa shape index (κ3) is 2.52. The molecular weight excluding hydrogens is 267 g/mol. The van der Waals surface area contributed by atoms with E-state index in [1.165, 1.54) is 12.1 Å². The third-order valence-electron chi connectivity index (χ3n) is 3.59. The smallest absolute Gasteiger partial charge is 0.182 e. The highest BCUT2D eigenvalue weighted by Gasteiger charge is 2.10. The molecule has 106 valence electrons. The van der Waals surface area contributed by atoms with E-state index in [1.807, 2.05) is 35.0 Å². The largest absolute Gasteiger partial charge is 0.399 e. The van der Waals surface area contributed by atoms with E-state index in [4.69, 9.17) is 5.73 Å². The van der Waals surface area contributed by atoms with Crippen LogP contribution >= 0.6 is 0 Å². The van der Waals surface area contributed by atoms with E-state index in [1.54, 1.807) is 13.0 Å². The van der Waals surface area contributed by atoms with Crippen molar-refractivity contribution in [2.45, 2.75) is 13.5 Å².